The first-order chi connectivity index (χ1) is 17.8. The maximum atomic E-state index is 13.6. The van der Waals surface area contributed by atoms with Crippen LogP contribution in [0.25, 0.3) is 5.82 Å². The highest BCUT2D eigenvalue weighted by molar-refractivity contribution is 7.99. The molecule has 196 valence electrons. The van der Waals surface area contributed by atoms with Crippen molar-refractivity contribution in [2.24, 2.45) is 0 Å². The summed E-state index contributed by atoms with van der Waals surface area (Å²) in [7, 11) is 0. The lowest BCUT2D eigenvalue weighted by molar-refractivity contribution is 0.0935. The normalized spacial score (nSPS) is 15.1. The Balaban J connectivity index is 1.70. The number of ether oxygens (including phenoxy) is 1. The molecule has 1 fully saturated rings. The molecule has 8 nitrogen and oxygen atoms in total. The van der Waals surface area contributed by atoms with E-state index in [1.807, 2.05) is 25.6 Å². The molecule has 0 bridgehead atoms. The van der Waals surface area contributed by atoms with Crippen molar-refractivity contribution in [1.82, 2.24) is 20.1 Å². The Morgan fingerprint density at radius 2 is 2.00 bits per heavy atom. The zero-order chi connectivity index (χ0) is 26.5. The highest BCUT2D eigenvalue weighted by atomic mass is 35.5. The number of hydrogen-bond donors (Lipinski definition) is 2. The molecule has 0 radical (unpaired) electrons. The second kappa shape index (κ2) is 12.2. The van der Waals surface area contributed by atoms with E-state index < -0.39 is 5.91 Å². The summed E-state index contributed by atoms with van der Waals surface area (Å²) in [5.41, 5.74) is 1.47. The molecular formula is C26H29Cl2N5O3S. The van der Waals surface area contributed by atoms with Gasteiger partial charge in [0.1, 0.15) is 11.8 Å². The van der Waals surface area contributed by atoms with E-state index in [1.54, 1.807) is 43.5 Å². The average molecular weight is 563 g/mol. The van der Waals surface area contributed by atoms with Crippen molar-refractivity contribution in [2.75, 3.05) is 16.8 Å². The number of aryl methyl sites for hydroxylation is 1. The lowest BCUT2D eigenvalue weighted by atomic mass is 10.1. The van der Waals surface area contributed by atoms with Gasteiger partial charge in [0.05, 0.1) is 16.3 Å². The van der Waals surface area contributed by atoms with Gasteiger partial charge in [0.2, 0.25) is 5.88 Å². The summed E-state index contributed by atoms with van der Waals surface area (Å²) in [6.45, 7) is 5.80. The molecule has 2 amide bonds. The molecule has 2 N–H and O–H groups in total. The van der Waals surface area contributed by atoms with E-state index >= 15 is 0 Å². The maximum absolute atomic E-state index is 13.6. The van der Waals surface area contributed by atoms with Crippen LogP contribution in [0.15, 0.2) is 36.5 Å². The minimum atomic E-state index is -0.494. The van der Waals surface area contributed by atoms with E-state index in [-0.39, 0.29) is 29.3 Å². The van der Waals surface area contributed by atoms with Gasteiger partial charge >= 0.3 is 0 Å². The molecule has 2 aromatic heterocycles. The Morgan fingerprint density at radius 1 is 1.22 bits per heavy atom. The van der Waals surface area contributed by atoms with E-state index in [2.05, 4.69) is 20.7 Å². The third kappa shape index (κ3) is 6.40. The van der Waals surface area contributed by atoms with Gasteiger partial charge < -0.3 is 15.4 Å². The van der Waals surface area contributed by atoms with Gasteiger partial charge in [0.15, 0.2) is 5.82 Å². The predicted octanol–water partition coefficient (Wildman–Crippen LogP) is 5.94. The molecule has 3 heterocycles. The molecule has 1 saturated heterocycles. The van der Waals surface area contributed by atoms with Gasteiger partial charge in [-0.1, -0.05) is 37.0 Å². The zero-order valence-corrected chi connectivity index (χ0v) is 23.2. The van der Waals surface area contributed by atoms with Gasteiger partial charge in [-0.25, -0.2) is 9.67 Å². The molecule has 0 saturated carbocycles. The highest BCUT2D eigenvalue weighted by Gasteiger charge is 2.25. The van der Waals surface area contributed by atoms with Gasteiger partial charge in [0, 0.05) is 29.1 Å². The van der Waals surface area contributed by atoms with E-state index in [1.165, 1.54) is 4.68 Å². The first-order valence-electron chi connectivity index (χ1n) is 12.2. The molecule has 1 aliphatic heterocycles. The van der Waals surface area contributed by atoms with Crippen molar-refractivity contribution < 1.29 is 14.3 Å². The smallest absolute Gasteiger partial charge is 0.274 e. The first-order valence-corrected chi connectivity index (χ1v) is 14.1. The molecule has 4 rings (SSSR count). The summed E-state index contributed by atoms with van der Waals surface area (Å²) >= 11 is 14.5. The largest absolute Gasteiger partial charge is 0.472 e. The van der Waals surface area contributed by atoms with Crippen molar-refractivity contribution in [3.05, 3.63) is 63.4 Å². The summed E-state index contributed by atoms with van der Waals surface area (Å²) in [6.07, 6.45) is 4.07. The molecule has 0 spiro atoms. The van der Waals surface area contributed by atoms with Crippen LogP contribution in [0, 0.1) is 6.92 Å². The molecule has 1 atom stereocenters. The maximum Gasteiger partial charge on any atom is 0.274 e. The number of halogens is 2. The van der Waals surface area contributed by atoms with Crippen LogP contribution in [0.1, 0.15) is 59.5 Å². The Labute approximate surface area is 230 Å². The third-order valence-corrected chi connectivity index (χ3v) is 7.78. The van der Waals surface area contributed by atoms with Gasteiger partial charge in [0.25, 0.3) is 11.8 Å². The molecule has 1 aliphatic rings. The number of benzene rings is 1. The minimum absolute atomic E-state index is 0.0107. The fraction of sp³-hybridized carbons (Fsp3) is 0.385. The highest BCUT2D eigenvalue weighted by Crippen LogP contribution is 2.29. The zero-order valence-electron chi connectivity index (χ0n) is 20.9. The van der Waals surface area contributed by atoms with Crippen molar-refractivity contribution in [1.29, 1.82) is 0 Å². The Bertz CT molecular complexity index is 1290. The number of nitrogens with one attached hydrogen (secondary N) is 2. The summed E-state index contributed by atoms with van der Waals surface area (Å²) in [4.78, 5) is 31.1. The lowest BCUT2D eigenvalue weighted by Crippen LogP contribution is -2.34. The Kier molecular flexibility index (Phi) is 9.00. The number of carbonyl (C=O) groups excluding carboxylic acids is 2. The van der Waals surface area contributed by atoms with E-state index in [0.717, 1.165) is 30.8 Å². The number of thioether (sulfide) groups is 1. The second-order valence-corrected chi connectivity index (χ2v) is 10.8. The lowest BCUT2D eigenvalue weighted by Gasteiger charge is -2.18. The predicted molar refractivity (Wildman–Crippen MR) is 149 cm³/mol. The summed E-state index contributed by atoms with van der Waals surface area (Å²) in [5.74, 6) is 1.67. The van der Waals surface area contributed by atoms with Crippen LogP contribution in [-0.2, 0) is 0 Å². The molecule has 11 heteroatoms. The number of carbonyl (C=O) groups is 2. The third-order valence-electron chi connectivity index (χ3n) is 6.14. The Hall–Kier alpha value is -2.75. The quantitative estimate of drug-likeness (QED) is 0.335. The number of nitrogens with zero attached hydrogens (tertiary/aromatic N) is 3. The van der Waals surface area contributed by atoms with Crippen molar-refractivity contribution in [3.8, 4) is 11.7 Å². The fourth-order valence-electron chi connectivity index (χ4n) is 4.07. The topological polar surface area (TPSA) is 98.1 Å². The molecule has 0 aliphatic carbocycles. The van der Waals surface area contributed by atoms with Crippen molar-refractivity contribution >= 4 is 52.5 Å². The van der Waals surface area contributed by atoms with Crippen LogP contribution in [0.5, 0.6) is 5.88 Å². The monoisotopic (exact) mass is 561 g/mol. The summed E-state index contributed by atoms with van der Waals surface area (Å²) in [6, 6.07) is 8.20. The van der Waals surface area contributed by atoms with Gasteiger partial charge in [-0.05, 0) is 61.8 Å². The molecule has 1 unspecified atom stereocenters. The van der Waals surface area contributed by atoms with Crippen LogP contribution in [0.3, 0.4) is 0 Å². The first kappa shape index (κ1) is 27.3. The van der Waals surface area contributed by atoms with Gasteiger partial charge in [-0.3, -0.25) is 9.59 Å². The molecule has 1 aromatic carbocycles. The van der Waals surface area contributed by atoms with Crippen LogP contribution in [0.4, 0.5) is 5.69 Å². The minimum Gasteiger partial charge on any atom is -0.472 e. The summed E-state index contributed by atoms with van der Waals surface area (Å²) in [5, 5.41) is 11.1. The average Bonchev–Trinajstić information content (AvgIpc) is 3.54. The molecule has 37 heavy (non-hydrogen) atoms. The number of rotatable bonds is 9. The SMILES string of the molecule is CCC(CC)NC(=O)c1cc(Cl)cc(C)c1NC(=O)c1cc(OC2CCSC2)nn1-c1ncccc1Cl. The van der Waals surface area contributed by atoms with Crippen LogP contribution < -0.4 is 15.4 Å². The fourth-order valence-corrected chi connectivity index (χ4v) is 5.64. The number of pyridine rings is 1. The van der Waals surface area contributed by atoms with Gasteiger partial charge in [-0.2, -0.15) is 11.8 Å². The standard InChI is InChI=1S/C26H29Cl2N5O3S/c1-4-17(5-2)30-25(34)19-12-16(27)11-15(3)23(19)31-26(35)21-13-22(36-18-8-10-37-14-18)32-33(21)24-20(28)7-6-9-29-24/h6-7,9,11-13,17-18H,4-5,8,10,14H2,1-3H3,(H,30,34)(H,31,35). The van der Waals surface area contributed by atoms with E-state index in [0.29, 0.717) is 33.0 Å². The van der Waals surface area contributed by atoms with Crippen molar-refractivity contribution in [2.45, 2.75) is 52.2 Å². The van der Waals surface area contributed by atoms with Crippen LogP contribution >= 0.6 is 35.0 Å². The molecular weight excluding hydrogens is 533 g/mol. The number of hydrogen-bond acceptors (Lipinski definition) is 6. The van der Waals surface area contributed by atoms with Crippen molar-refractivity contribution in [3.63, 3.8) is 0 Å². The van der Waals surface area contributed by atoms with Crippen LogP contribution in [0.2, 0.25) is 10.0 Å². The number of aromatic nitrogens is 3. The number of amides is 2. The number of anilines is 1. The van der Waals surface area contributed by atoms with Gasteiger partial charge in [-0.15, -0.1) is 5.10 Å². The van der Waals surface area contributed by atoms with E-state index in [9.17, 15) is 9.59 Å². The Morgan fingerprint density at radius 3 is 2.68 bits per heavy atom. The molecule has 3 aromatic rings. The second-order valence-electron chi connectivity index (χ2n) is 8.78. The van der Waals surface area contributed by atoms with E-state index in [4.69, 9.17) is 27.9 Å². The summed E-state index contributed by atoms with van der Waals surface area (Å²) < 4.78 is 7.41. The van der Waals surface area contributed by atoms with Crippen LogP contribution in [-0.4, -0.2) is 50.2 Å².